The van der Waals surface area contributed by atoms with Crippen molar-refractivity contribution in [2.45, 2.75) is 20.0 Å². The number of rotatable bonds is 8. The van der Waals surface area contributed by atoms with Gasteiger partial charge in [0.25, 0.3) is 0 Å². The number of anilines is 1. The minimum absolute atomic E-state index is 0.0450. The molecule has 2 aromatic rings. The summed E-state index contributed by atoms with van der Waals surface area (Å²) in [6, 6.07) is 8.61. The first-order valence-corrected chi connectivity index (χ1v) is 9.01. The summed E-state index contributed by atoms with van der Waals surface area (Å²) < 4.78 is 21.5. The van der Waals surface area contributed by atoms with E-state index in [-0.39, 0.29) is 12.0 Å². The summed E-state index contributed by atoms with van der Waals surface area (Å²) in [5.41, 5.74) is 1.21. The van der Waals surface area contributed by atoms with Crippen LogP contribution in [-0.2, 0) is 4.79 Å². The molecule has 0 spiro atoms. The number of carbonyl (C=O) groups excluding carboxylic acids is 1. The lowest BCUT2D eigenvalue weighted by Gasteiger charge is -2.15. The molecule has 150 valence electrons. The van der Waals surface area contributed by atoms with Gasteiger partial charge in [-0.3, -0.25) is 4.79 Å². The first-order valence-electron chi connectivity index (χ1n) is 8.63. The van der Waals surface area contributed by atoms with Crippen molar-refractivity contribution in [3.8, 4) is 23.0 Å². The van der Waals surface area contributed by atoms with Gasteiger partial charge in [0.2, 0.25) is 5.91 Å². The first kappa shape index (κ1) is 21.4. The van der Waals surface area contributed by atoms with Crippen LogP contribution in [0, 0.1) is 0 Å². The molecule has 0 aliphatic heterocycles. The number of methoxy groups -OCH3 is 3. The summed E-state index contributed by atoms with van der Waals surface area (Å²) in [5, 5.41) is 3.17. The molecule has 7 heteroatoms. The van der Waals surface area contributed by atoms with Gasteiger partial charge in [-0.25, -0.2) is 0 Å². The summed E-state index contributed by atoms with van der Waals surface area (Å²) in [7, 11) is 4.62. The lowest BCUT2D eigenvalue weighted by atomic mass is 10.1. The lowest BCUT2D eigenvalue weighted by Crippen LogP contribution is -2.09. The van der Waals surface area contributed by atoms with Gasteiger partial charge in [-0.05, 0) is 49.8 Å². The van der Waals surface area contributed by atoms with Crippen molar-refractivity contribution in [2.75, 3.05) is 26.6 Å². The Bertz CT molecular complexity index is 864. The van der Waals surface area contributed by atoms with E-state index in [1.807, 2.05) is 13.8 Å². The van der Waals surface area contributed by atoms with E-state index in [1.165, 1.54) is 20.3 Å². The van der Waals surface area contributed by atoms with E-state index in [4.69, 9.17) is 30.5 Å². The number of nitrogens with one attached hydrogen (secondary N) is 1. The van der Waals surface area contributed by atoms with E-state index in [9.17, 15) is 4.79 Å². The molecule has 2 aromatic carbocycles. The third kappa shape index (κ3) is 5.57. The minimum atomic E-state index is -0.329. The van der Waals surface area contributed by atoms with Gasteiger partial charge in [0, 0.05) is 12.1 Å². The Hall–Kier alpha value is -2.86. The lowest BCUT2D eigenvalue weighted by molar-refractivity contribution is -0.111. The highest BCUT2D eigenvalue weighted by atomic mass is 35.5. The van der Waals surface area contributed by atoms with Gasteiger partial charge in [-0.1, -0.05) is 11.6 Å². The zero-order chi connectivity index (χ0) is 20.7. The molecular formula is C21H24ClNO5. The van der Waals surface area contributed by atoms with Crippen molar-refractivity contribution in [3.05, 3.63) is 47.0 Å². The van der Waals surface area contributed by atoms with Crippen LogP contribution in [0.15, 0.2) is 36.4 Å². The SMILES string of the molecule is COc1ccc(OC)c(NC(=O)C=Cc2cc(Cl)c(OC(C)C)c(OC)c2)c1. The van der Waals surface area contributed by atoms with Crippen molar-refractivity contribution in [1.29, 1.82) is 0 Å². The Morgan fingerprint density at radius 2 is 1.75 bits per heavy atom. The van der Waals surface area contributed by atoms with Crippen LogP contribution in [0.4, 0.5) is 5.69 Å². The third-order valence-electron chi connectivity index (χ3n) is 3.70. The number of carbonyl (C=O) groups is 1. The van der Waals surface area contributed by atoms with Gasteiger partial charge in [0.05, 0.1) is 38.1 Å². The highest BCUT2D eigenvalue weighted by Gasteiger charge is 2.13. The topological polar surface area (TPSA) is 66.0 Å². The van der Waals surface area contributed by atoms with Gasteiger partial charge < -0.3 is 24.3 Å². The summed E-state index contributed by atoms with van der Waals surface area (Å²) in [5.74, 6) is 1.78. The smallest absolute Gasteiger partial charge is 0.248 e. The maximum Gasteiger partial charge on any atom is 0.248 e. The Morgan fingerprint density at radius 1 is 1.04 bits per heavy atom. The Morgan fingerprint density at radius 3 is 2.36 bits per heavy atom. The molecule has 28 heavy (non-hydrogen) atoms. The summed E-state index contributed by atoms with van der Waals surface area (Å²) in [4.78, 5) is 12.3. The molecule has 0 atom stereocenters. The van der Waals surface area contributed by atoms with Crippen molar-refractivity contribution in [1.82, 2.24) is 0 Å². The summed E-state index contributed by atoms with van der Waals surface area (Å²) in [6.07, 6.45) is 2.99. The van der Waals surface area contributed by atoms with Crippen LogP contribution >= 0.6 is 11.6 Å². The molecule has 0 saturated carbocycles. The number of halogens is 1. The van der Waals surface area contributed by atoms with Gasteiger partial charge >= 0.3 is 0 Å². The van der Waals surface area contributed by atoms with Crippen LogP contribution in [0.5, 0.6) is 23.0 Å². The molecule has 6 nitrogen and oxygen atoms in total. The number of hydrogen-bond donors (Lipinski definition) is 1. The zero-order valence-corrected chi connectivity index (χ0v) is 17.3. The van der Waals surface area contributed by atoms with E-state index >= 15 is 0 Å². The fourth-order valence-corrected chi connectivity index (χ4v) is 2.71. The van der Waals surface area contributed by atoms with Crippen molar-refractivity contribution in [3.63, 3.8) is 0 Å². The molecule has 0 unspecified atom stereocenters. The predicted molar refractivity (Wildman–Crippen MR) is 111 cm³/mol. The molecule has 0 saturated heterocycles. The normalized spacial score (nSPS) is 10.8. The molecule has 1 amide bonds. The average Bonchev–Trinajstić information content (AvgIpc) is 2.67. The molecule has 0 fully saturated rings. The second-order valence-corrected chi connectivity index (χ2v) is 6.50. The maximum absolute atomic E-state index is 12.3. The molecule has 1 N–H and O–H groups in total. The second kappa shape index (κ2) is 9.90. The number of ether oxygens (including phenoxy) is 4. The van der Waals surface area contributed by atoms with E-state index in [2.05, 4.69) is 5.32 Å². The van der Waals surface area contributed by atoms with E-state index in [0.717, 1.165) is 0 Å². The Kier molecular flexibility index (Phi) is 7.58. The third-order valence-corrected chi connectivity index (χ3v) is 3.98. The van der Waals surface area contributed by atoms with Crippen LogP contribution in [0.25, 0.3) is 6.08 Å². The van der Waals surface area contributed by atoms with Gasteiger partial charge in [0.15, 0.2) is 11.5 Å². The Balaban J connectivity index is 2.19. The Labute approximate surface area is 170 Å². The number of benzene rings is 2. The van der Waals surface area contributed by atoms with E-state index in [1.54, 1.807) is 43.5 Å². The second-order valence-electron chi connectivity index (χ2n) is 6.09. The molecule has 0 aromatic heterocycles. The van der Waals surface area contributed by atoms with Crippen LogP contribution in [0.1, 0.15) is 19.4 Å². The van der Waals surface area contributed by atoms with Crippen molar-refractivity contribution in [2.24, 2.45) is 0 Å². The summed E-state index contributed by atoms with van der Waals surface area (Å²) >= 11 is 6.31. The highest BCUT2D eigenvalue weighted by molar-refractivity contribution is 6.32. The van der Waals surface area contributed by atoms with E-state index in [0.29, 0.717) is 39.3 Å². The molecule has 0 aliphatic carbocycles. The first-order chi connectivity index (χ1) is 13.4. The molecular weight excluding hydrogens is 382 g/mol. The molecule has 0 heterocycles. The van der Waals surface area contributed by atoms with Crippen LogP contribution in [0.2, 0.25) is 5.02 Å². The predicted octanol–water partition coefficient (Wildman–Crippen LogP) is 4.80. The van der Waals surface area contributed by atoms with Gasteiger partial charge in [-0.15, -0.1) is 0 Å². The molecule has 2 rings (SSSR count). The zero-order valence-electron chi connectivity index (χ0n) is 16.5. The van der Waals surface area contributed by atoms with Gasteiger partial charge in [0.1, 0.15) is 11.5 Å². The van der Waals surface area contributed by atoms with Crippen LogP contribution in [0.3, 0.4) is 0 Å². The van der Waals surface area contributed by atoms with Crippen molar-refractivity contribution >= 4 is 29.3 Å². The van der Waals surface area contributed by atoms with Crippen LogP contribution in [-0.4, -0.2) is 33.3 Å². The molecule has 0 bridgehead atoms. The monoisotopic (exact) mass is 405 g/mol. The molecule has 0 aliphatic rings. The maximum atomic E-state index is 12.3. The molecule has 0 radical (unpaired) electrons. The standard InChI is InChI=1S/C21H24ClNO5/c1-13(2)28-21-16(22)10-14(11-19(21)27-5)6-9-20(24)23-17-12-15(25-3)7-8-18(17)26-4/h6-13H,1-5H3,(H,23,24). The largest absolute Gasteiger partial charge is 0.497 e. The van der Waals surface area contributed by atoms with E-state index < -0.39 is 0 Å². The van der Waals surface area contributed by atoms with Crippen molar-refractivity contribution < 1.29 is 23.7 Å². The summed E-state index contributed by atoms with van der Waals surface area (Å²) in [6.45, 7) is 3.81. The number of hydrogen-bond acceptors (Lipinski definition) is 5. The van der Waals surface area contributed by atoms with Crippen LogP contribution < -0.4 is 24.3 Å². The minimum Gasteiger partial charge on any atom is -0.497 e. The highest BCUT2D eigenvalue weighted by Crippen LogP contribution is 2.37. The fraction of sp³-hybridized carbons (Fsp3) is 0.286. The average molecular weight is 406 g/mol. The fourth-order valence-electron chi connectivity index (χ4n) is 2.44. The van der Waals surface area contributed by atoms with Gasteiger partial charge in [-0.2, -0.15) is 0 Å². The number of amides is 1. The quantitative estimate of drug-likeness (QED) is 0.639.